The Morgan fingerprint density at radius 1 is 0.857 bits per heavy atom. The molecule has 1 aliphatic rings. The van der Waals surface area contributed by atoms with Crippen LogP contribution >= 0.6 is 0 Å². The maximum atomic E-state index is 9.31. The fourth-order valence-electron chi connectivity index (χ4n) is 5.14. The maximum Gasteiger partial charge on any atom is 0.146 e. The van der Waals surface area contributed by atoms with Crippen molar-refractivity contribution in [2.24, 2.45) is 5.92 Å². The molecule has 5 aromatic rings. The average Bonchev–Trinajstić information content (AvgIpc) is 3.54. The molecule has 1 aliphatic heterocycles. The molecule has 0 radical (unpaired) electrons. The summed E-state index contributed by atoms with van der Waals surface area (Å²) in [6.45, 7) is 2.98. The van der Waals surface area contributed by atoms with Gasteiger partial charge in [0.1, 0.15) is 11.1 Å². The summed E-state index contributed by atoms with van der Waals surface area (Å²) in [6, 6.07) is 31.4. The van der Waals surface area contributed by atoms with Gasteiger partial charge in [0, 0.05) is 31.2 Å². The predicted octanol–water partition coefficient (Wildman–Crippen LogP) is 5.74. The van der Waals surface area contributed by atoms with Crippen LogP contribution in [0.15, 0.2) is 97.3 Å². The van der Waals surface area contributed by atoms with Crippen molar-refractivity contribution in [3.63, 3.8) is 0 Å². The van der Waals surface area contributed by atoms with Gasteiger partial charge in [0.25, 0.3) is 0 Å². The number of ether oxygens (including phenoxy) is 1. The molecule has 1 atom stereocenters. The summed E-state index contributed by atoms with van der Waals surface area (Å²) in [4.78, 5) is 4.98. The Hall–Kier alpha value is -3.96. The normalized spacial score (nSPS) is 15.6. The topological polar surface area (TPSA) is 55.8 Å². The molecule has 3 heterocycles. The summed E-state index contributed by atoms with van der Waals surface area (Å²) in [7, 11) is 0. The van der Waals surface area contributed by atoms with Crippen LogP contribution in [0.3, 0.4) is 0 Å². The van der Waals surface area contributed by atoms with Crippen LogP contribution in [0.5, 0.6) is 0 Å². The zero-order valence-corrected chi connectivity index (χ0v) is 19.6. The minimum atomic E-state index is 0.420. The third-order valence-electron chi connectivity index (χ3n) is 6.85. The van der Waals surface area contributed by atoms with Crippen LogP contribution in [0.25, 0.3) is 33.4 Å². The highest BCUT2D eigenvalue weighted by molar-refractivity contribution is 6.02. The molecule has 3 aromatic carbocycles. The Morgan fingerprint density at radius 3 is 2.17 bits per heavy atom. The van der Waals surface area contributed by atoms with E-state index >= 15 is 0 Å². The van der Waals surface area contributed by atoms with E-state index in [9.17, 15) is 5.41 Å². The van der Waals surface area contributed by atoms with Gasteiger partial charge in [-0.15, -0.1) is 0 Å². The van der Waals surface area contributed by atoms with Gasteiger partial charge in [-0.25, -0.2) is 4.98 Å². The smallest absolute Gasteiger partial charge is 0.146 e. The summed E-state index contributed by atoms with van der Waals surface area (Å²) in [5.41, 5.74) is 6.93. The van der Waals surface area contributed by atoms with Gasteiger partial charge < -0.3 is 13.9 Å². The number of fused-ring (bicyclic) bond motifs is 1. The fraction of sp³-hybridized carbons (Fsp3) is 0.200. The standard InChI is InChI=1S/C30H28N4O/c31-29-27-26(24-12-6-2-7-13-24)28(25-14-8-3-9-15-25)34(19-22-10-4-1-5-11-22)30(27)32-21-33(29)18-23-16-17-35-20-23/h1-15,21,23,31H,16-20H2. The van der Waals surface area contributed by atoms with Gasteiger partial charge >= 0.3 is 0 Å². The first kappa shape index (κ1) is 21.6. The number of aromatic nitrogens is 3. The van der Waals surface area contributed by atoms with E-state index in [-0.39, 0.29) is 0 Å². The number of nitrogens with zero attached hydrogens (tertiary/aromatic N) is 3. The second-order valence-electron chi connectivity index (χ2n) is 9.20. The van der Waals surface area contributed by atoms with Crippen LogP contribution in [0.2, 0.25) is 0 Å². The molecule has 1 saturated heterocycles. The molecule has 35 heavy (non-hydrogen) atoms. The highest BCUT2D eigenvalue weighted by Crippen LogP contribution is 2.39. The Balaban J connectivity index is 1.65. The third-order valence-corrected chi connectivity index (χ3v) is 6.85. The highest BCUT2D eigenvalue weighted by Gasteiger charge is 2.24. The summed E-state index contributed by atoms with van der Waals surface area (Å²) in [5, 5.41) is 10.2. The summed E-state index contributed by atoms with van der Waals surface area (Å²) in [5.74, 6) is 0.420. The summed E-state index contributed by atoms with van der Waals surface area (Å²) < 4.78 is 9.88. The molecule has 0 spiro atoms. The quantitative estimate of drug-likeness (QED) is 0.351. The molecule has 174 valence electrons. The van der Waals surface area contributed by atoms with Crippen molar-refractivity contribution >= 4 is 11.0 Å². The van der Waals surface area contributed by atoms with Gasteiger partial charge in [0.2, 0.25) is 0 Å². The first-order valence-electron chi connectivity index (χ1n) is 12.2. The summed E-state index contributed by atoms with van der Waals surface area (Å²) >= 11 is 0. The minimum Gasteiger partial charge on any atom is -0.381 e. The van der Waals surface area contributed by atoms with E-state index in [0.717, 1.165) is 59.6 Å². The van der Waals surface area contributed by atoms with Crippen LogP contribution in [-0.4, -0.2) is 27.3 Å². The lowest BCUT2D eigenvalue weighted by atomic mass is 9.99. The minimum absolute atomic E-state index is 0.420. The first-order chi connectivity index (χ1) is 17.3. The Morgan fingerprint density at radius 2 is 1.51 bits per heavy atom. The maximum absolute atomic E-state index is 9.31. The lowest BCUT2D eigenvalue weighted by Crippen LogP contribution is -2.25. The fourth-order valence-corrected chi connectivity index (χ4v) is 5.14. The van der Waals surface area contributed by atoms with Crippen LogP contribution in [-0.2, 0) is 17.8 Å². The van der Waals surface area contributed by atoms with Crippen molar-refractivity contribution in [2.45, 2.75) is 19.5 Å². The number of hydrogen-bond acceptors (Lipinski definition) is 3. The van der Waals surface area contributed by atoms with Crippen molar-refractivity contribution in [2.75, 3.05) is 13.2 Å². The Labute approximate surface area is 204 Å². The first-order valence-corrected chi connectivity index (χ1v) is 12.2. The molecule has 1 N–H and O–H groups in total. The van der Waals surface area contributed by atoms with Crippen molar-refractivity contribution in [3.05, 3.63) is 108 Å². The van der Waals surface area contributed by atoms with Crippen LogP contribution in [0, 0.1) is 11.3 Å². The molecule has 0 bridgehead atoms. The molecule has 6 rings (SSSR count). The zero-order valence-electron chi connectivity index (χ0n) is 19.6. The van der Waals surface area contributed by atoms with E-state index in [1.54, 1.807) is 0 Å². The monoisotopic (exact) mass is 460 g/mol. The molecule has 2 aromatic heterocycles. The summed E-state index contributed by atoms with van der Waals surface area (Å²) in [6.07, 6.45) is 2.87. The van der Waals surface area contributed by atoms with Gasteiger partial charge in [0.05, 0.1) is 24.0 Å². The van der Waals surface area contributed by atoms with Crippen LogP contribution in [0.4, 0.5) is 0 Å². The second kappa shape index (κ2) is 9.35. The lowest BCUT2D eigenvalue weighted by Gasteiger charge is -2.13. The molecule has 0 amide bonds. The number of nitrogens with one attached hydrogen (secondary N) is 1. The third kappa shape index (κ3) is 4.08. The average molecular weight is 461 g/mol. The highest BCUT2D eigenvalue weighted by atomic mass is 16.5. The van der Waals surface area contributed by atoms with Crippen molar-refractivity contribution in [1.29, 1.82) is 5.41 Å². The van der Waals surface area contributed by atoms with E-state index in [0.29, 0.717) is 18.0 Å². The van der Waals surface area contributed by atoms with Gasteiger partial charge in [-0.3, -0.25) is 5.41 Å². The molecule has 5 nitrogen and oxygen atoms in total. The van der Waals surface area contributed by atoms with Crippen molar-refractivity contribution in [3.8, 4) is 22.4 Å². The van der Waals surface area contributed by atoms with Crippen LogP contribution in [0.1, 0.15) is 12.0 Å². The predicted molar refractivity (Wildman–Crippen MR) is 139 cm³/mol. The lowest BCUT2D eigenvalue weighted by molar-refractivity contribution is 0.182. The Bertz CT molecular complexity index is 1500. The van der Waals surface area contributed by atoms with Gasteiger partial charge in [0.15, 0.2) is 0 Å². The largest absolute Gasteiger partial charge is 0.381 e. The number of benzene rings is 3. The zero-order chi connectivity index (χ0) is 23.6. The van der Waals surface area contributed by atoms with Crippen LogP contribution < -0.4 is 5.49 Å². The SMILES string of the molecule is N=c1c2c(-c3ccccc3)c(-c3ccccc3)n(Cc3ccccc3)c2ncn1CC1CCOC1. The Kier molecular flexibility index (Phi) is 5.76. The van der Waals surface area contributed by atoms with E-state index < -0.39 is 0 Å². The molecular formula is C30H28N4O. The molecule has 0 aliphatic carbocycles. The van der Waals surface area contributed by atoms with Gasteiger partial charge in [-0.2, -0.15) is 0 Å². The molecule has 0 saturated carbocycles. The molecular weight excluding hydrogens is 432 g/mol. The molecule has 5 heteroatoms. The molecule has 1 fully saturated rings. The van der Waals surface area contributed by atoms with E-state index in [2.05, 4.69) is 77.4 Å². The van der Waals surface area contributed by atoms with Gasteiger partial charge in [-0.1, -0.05) is 91.0 Å². The second-order valence-corrected chi connectivity index (χ2v) is 9.20. The van der Waals surface area contributed by atoms with E-state index in [4.69, 9.17) is 9.72 Å². The van der Waals surface area contributed by atoms with Gasteiger partial charge in [-0.05, 0) is 23.1 Å². The number of hydrogen-bond donors (Lipinski definition) is 1. The van der Waals surface area contributed by atoms with Crippen molar-refractivity contribution < 1.29 is 4.74 Å². The molecule has 1 unspecified atom stereocenters. The number of rotatable bonds is 6. The van der Waals surface area contributed by atoms with Crippen molar-refractivity contribution in [1.82, 2.24) is 14.1 Å². The van der Waals surface area contributed by atoms with E-state index in [1.165, 1.54) is 5.56 Å². The van der Waals surface area contributed by atoms with E-state index in [1.807, 2.05) is 29.1 Å².